The van der Waals surface area contributed by atoms with E-state index >= 15 is 0 Å². The van der Waals surface area contributed by atoms with E-state index in [1.54, 1.807) is 12.1 Å². The van der Waals surface area contributed by atoms with E-state index in [0.29, 0.717) is 5.56 Å². The van der Waals surface area contributed by atoms with E-state index in [-0.39, 0.29) is 36.8 Å². The summed E-state index contributed by atoms with van der Waals surface area (Å²) >= 11 is 0. The number of carbonyl (C=O) groups excluding carboxylic acids is 1. The van der Waals surface area contributed by atoms with Crippen LogP contribution in [0.5, 0.6) is 0 Å². The number of rotatable bonds is 9. The van der Waals surface area contributed by atoms with Gasteiger partial charge in [-0.15, -0.1) is 10.2 Å². The molecule has 2 heterocycles. The highest BCUT2D eigenvalue weighted by Crippen LogP contribution is 2.14. The lowest BCUT2D eigenvalue weighted by Gasteiger charge is -2.10. The molecule has 1 amide bonds. The molecule has 0 fully saturated rings. The molecule has 0 radical (unpaired) electrons. The van der Waals surface area contributed by atoms with Gasteiger partial charge in [-0.05, 0) is 17.7 Å². The van der Waals surface area contributed by atoms with Gasteiger partial charge in [0.15, 0.2) is 5.82 Å². The van der Waals surface area contributed by atoms with Crippen LogP contribution in [0.3, 0.4) is 0 Å². The lowest BCUT2D eigenvalue weighted by Crippen LogP contribution is -2.43. The number of hydrogen-bond donors (Lipinski definition) is 2. The van der Waals surface area contributed by atoms with Crippen molar-refractivity contribution in [2.24, 2.45) is 7.05 Å². The first kappa shape index (κ1) is 25.0. The zero-order chi connectivity index (χ0) is 25.0. The van der Waals surface area contributed by atoms with Gasteiger partial charge < -0.3 is 10.4 Å². The Kier molecular flexibility index (Phi) is 7.41. The van der Waals surface area contributed by atoms with Crippen LogP contribution in [0.25, 0.3) is 0 Å². The molecule has 2 aromatic heterocycles. The Labute approximate surface area is 194 Å². The minimum Gasteiger partial charge on any atom is -0.386 e. The van der Waals surface area contributed by atoms with Crippen LogP contribution in [0.1, 0.15) is 33.4 Å². The number of carbonyl (C=O) groups is 1. The minimum atomic E-state index is -3.30. The highest BCUT2D eigenvalue weighted by Gasteiger charge is 2.18. The second-order valence-electron chi connectivity index (χ2n) is 7.89. The van der Waals surface area contributed by atoms with E-state index in [2.05, 4.69) is 20.7 Å². The fourth-order valence-corrected chi connectivity index (χ4v) is 3.53. The number of aliphatic hydroxyl groups is 1. The highest BCUT2D eigenvalue weighted by atomic mass is 32.2. The van der Waals surface area contributed by atoms with Crippen LogP contribution in [0.15, 0.2) is 40.1 Å². The van der Waals surface area contributed by atoms with Crippen LogP contribution in [-0.2, 0) is 30.0 Å². The summed E-state index contributed by atoms with van der Waals surface area (Å²) in [5.74, 6) is -0.976. The van der Waals surface area contributed by atoms with Crippen molar-refractivity contribution < 1.29 is 18.3 Å². The number of sulfone groups is 1. The summed E-state index contributed by atoms with van der Waals surface area (Å²) < 4.78 is 24.3. The Hall–Kier alpha value is -3.65. The number of amides is 1. The fraction of sp³-hybridized carbons (Fsp3) is 0.400. The standard InChI is InChI=1S/C20H25N7O6S/c1-13-4-6-14(7-5-13)16(28)11-27-23-17(22-24-27)12-26-10-15(19(30)25(2)20(26)31)18(29)21-8-9-34(3,32)33/h4-7,10,16,28H,8-9,11-12H2,1-3H3,(H,21,29)/t16-/m0/s1. The van der Waals surface area contributed by atoms with E-state index < -0.39 is 33.1 Å². The molecular weight excluding hydrogens is 466 g/mol. The van der Waals surface area contributed by atoms with Gasteiger partial charge in [0.2, 0.25) is 0 Å². The van der Waals surface area contributed by atoms with Gasteiger partial charge >= 0.3 is 5.69 Å². The summed E-state index contributed by atoms with van der Waals surface area (Å²) in [4.78, 5) is 38.5. The predicted molar refractivity (Wildman–Crippen MR) is 121 cm³/mol. The van der Waals surface area contributed by atoms with Gasteiger partial charge in [0.05, 0.1) is 18.8 Å². The quantitative estimate of drug-likeness (QED) is 0.357. The van der Waals surface area contributed by atoms with Gasteiger partial charge in [0.25, 0.3) is 11.5 Å². The number of benzene rings is 1. The van der Waals surface area contributed by atoms with Crippen molar-refractivity contribution >= 4 is 15.7 Å². The van der Waals surface area contributed by atoms with Gasteiger partial charge in [-0.2, -0.15) is 4.80 Å². The molecule has 0 saturated carbocycles. The molecule has 2 N–H and O–H groups in total. The largest absolute Gasteiger partial charge is 0.386 e. The second kappa shape index (κ2) is 10.1. The van der Waals surface area contributed by atoms with E-state index in [0.717, 1.165) is 27.2 Å². The molecule has 0 aliphatic rings. The lowest BCUT2D eigenvalue weighted by molar-refractivity contribution is 0.0952. The van der Waals surface area contributed by atoms with Crippen LogP contribution in [-0.4, -0.2) is 67.3 Å². The van der Waals surface area contributed by atoms with Crippen LogP contribution >= 0.6 is 0 Å². The van der Waals surface area contributed by atoms with Crippen LogP contribution < -0.4 is 16.6 Å². The maximum Gasteiger partial charge on any atom is 0.331 e. The number of hydrogen-bond acceptors (Lipinski definition) is 9. The van der Waals surface area contributed by atoms with Gasteiger partial charge in [-0.25, -0.2) is 13.2 Å². The Morgan fingerprint density at radius 2 is 1.88 bits per heavy atom. The smallest absolute Gasteiger partial charge is 0.331 e. The van der Waals surface area contributed by atoms with Gasteiger partial charge in [-0.1, -0.05) is 29.8 Å². The summed E-state index contributed by atoms with van der Waals surface area (Å²) in [6.07, 6.45) is 1.23. The number of tetrazole rings is 1. The van der Waals surface area contributed by atoms with Crippen molar-refractivity contribution in [1.29, 1.82) is 0 Å². The van der Waals surface area contributed by atoms with Crippen LogP contribution in [0.2, 0.25) is 0 Å². The van der Waals surface area contributed by atoms with Crippen molar-refractivity contribution in [3.8, 4) is 0 Å². The Morgan fingerprint density at radius 3 is 2.53 bits per heavy atom. The van der Waals surface area contributed by atoms with Crippen LogP contribution in [0, 0.1) is 6.92 Å². The molecule has 0 bridgehead atoms. The van der Waals surface area contributed by atoms with E-state index in [1.807, 2.05) is 19.1 Å². The average molecular weight is 492 g/mol. The summed E-state index contributed by atoms with van der Waals surface area (Å²) in [5.41, 5.74) is -0.115. The topological polar surface area (TPSA) is 171 Å². The van der Waals surface area contributed by atoms with E-state index in [9.17, 15) is 27.9 Å². The fourth-order valence-electron chi connectivity index (χ4n) is 3.06. The van der Waals surface area contributed by atoms with Gasteiger partial charge in [0, 0.05) is 26.0 Å². The molecule has 0 aliphatic heterocycles. The monoisotopic (exact) mass is 491 g/mol. The number of nitrogens with zero attached hydrogens (tertiary/aromatic N) is 6. The third kappa shape index (κ3) is 6.23. The molecular formula is C20H25N7O6S. The first-order valence-electron chi connectivity index (χ1n) is 10.2. The second-order valence-corrected chi connectivity index (χ2v) is 10.1. The lowest BCUT2D eigenvalue weighted by atomic mass is 10.1. The summed E-state index contributed by atoms with van der Waals surface area (Å²) in [6, 6.07) is 7.34. The van der Waals surface area contributed by atoms with Gasteiger partial charge in [0.1, 0.15) is 21.5 Å². The van der Waals surface area contributed by atoms with Crippen molar-refractivity contribution in [1.82, 2.24) is 34.7 Å². The molecule has 0 aliphatic carbocycles. The Balaban J connectivity index is 1.76. The minimum absolute atomic E-state index is 0.0340. The molecule has 34 heavy (non-hydrogen) atoms. The predicted octanol–water partition coefficient (Wildman–Crippen LogP) is -1.60. The molecule has 14 heteroatoms. The summed E-state index contributed by atoms with van der Waals surface area (Å²) in [7, 11) is -2.08. The zero-order valence-electron chi connectivity index (χ0n) is 18.9. The SMILES string of the molecule is Cc1ccc([C@@H](O)Cn2nnc(Cn3cc(C(=O)NCCS(C)(=O)=O)c(=O)n(C)c3=O)n2)cc1. The number of aryl methyl sites for hydroxylation is 1. The molecule has 1 aromatic carbocycles. The van der Waals surface area contributed by atoms with Crippen molar-refractivity contribution in [3.05, 3.63) is 73.8 Å². The summed E-state index contributed by atoms with van der Waals surface area (Å²) in [5, 5.41) is 24.7. The Morgan fingerprint density at radius 1 is 1.21 bits per heavy atom. The number of aliphatic hydroxyl groups excluding tert-OH is 1. The molecule has 0 saturated heterocycles. The molecule has 13 nitrogen and oxygen atoms in total. The molecule has 182 valence electrons. The zero-order valence-corrected chi connectivity index (χ0v) is 19.7. The molecule has 3 aromatic rings. The van der Waals surface area contributed by atoms with Crippen molar-refractivity contribution in [3.63, 3.8) is 0 Å². The Bertz CT molecular complexity index is 1410. The van der Waals surface area contributed by atoms with Gasteiger partial charge in [-0.3, -0.25) is 18.7 Å². The highest BCUT2D eigenvalue weighted by molar-refractivity contribution is 7.90. The summed E-state index contributed by atoms with van der Waals surface area (Å²) in [6.45, 7) is 1.61. The van der Waals surface area contributed by atoms with Crippen molar-refractivity contribution in [2.45, 2.75) is 26.1 Å². The molecule has 3 rings (SSSR count). The first-order valence-corrected chi connectivity index (χ1v) is 12.3. The maximum atomic E-state index is 12.5. The van der Waals surface area contributed by atoms with Crippen LogP contribution in [0.4, 0.5) is 0 Å². The number of nitrogens with one attached hydrogen (secondary N) is 1. The molecule has 0 spiro atoms. The average Bonchev–Trinajstić information content (AvgIpc) is 3.20. The van der Waals surface area contributed by atoms with E-state index in [1.165, 1.54) is 11.8 Å². The van der Waals surface area contributed by atoms with E-state index in [4.69, 9.17) is 0 Å². The normalized spacial score (nSPS) is 12.5. The number of aromatic nitrogens is 6. The third-order valence-corrected chi connectivity index (χ3v) is 5.91. The molecule has 1 atom stereocenters. The molecule has 0 unspecified atom stereocenters. The van der Waals surface area contributed by atoms with Crippen molar-refractivity contribution in [2.75, 3.05) is 18.6 Å². The first-order chi connectivity index (χ1) is 15.9. The maximum absolute atomic E-state index is 12.5. The third-order valence-electron chi connectivity index (χ3n) is 4.96.